The summed E-state index contributed by atoms with van der Waals surface area (Å²) in [6.45, 7) is 0. The van der Waals surface area contributed by atoms with E-state index in [4.69, 9.17) is 33.7 Å². The van der Waals surface area contributed by atoms with Crippen molar-refractivity contribution < 1.29 is 9.53 Å². The van der Waals surface area contributed by atoms with Gasteiger partial charge in [0.2, 0.25) is 0 Å². The van der Waals surface area contributed by atoms with Crippen molar-refractivity contribution in [3.8, 4) is 5.75 Å². The van der Waals surface area contributed by atoms with E-state index in [1.54, 1.807) is 30.3 Å². The molecular weight excluding hydrogens is 299 g/mol. The van der Waals surface area contributed by atoms with Gasteiger partial charge >= 0.3 is 0 Å². The Morgan fingerprint density at radius 3 is 2.55 bits per heavy atom. The number of hydrogen-bond acceptors (Lipinski definition) is 3. The molecule has 4 nitrogen and oxygen atoms in total. The highest BCUT2D eigenvalue weighted by Gasteiger charge is 2.12. The molecule has 0 aliphatic rings. The van der Waals surface area contributed by atoms with Gasteiger partial charge in [-0.05, 0) is 36.4 Å². The molecular formula is C14H12Cl2N2O2. The number of carbonyl (C=O) groups excluding carboxylic acids is 1. The van der Waals surface area contributed by atoms with Crippen LogP contribution in [0.2, 0.25) is 10.0 Å². The second kappa shape index (κ2) is 6.03. The van der Waals surface area contributed by atoms with Gasteiger partial charge in [0.1, 0.15) is 5.75 Å². The predicted molar refractivity (Wildman–Crippen MR) is 81.8 cm³/mol. The summed E-state index contributed by atoms with van der Waals surface area (Å²) in [7, 11) is 1.52. The fourth-order valence-electron chi connectivity index (χ4n) is 1.66. The minimum Gasteiger partial charge on any atom is -0.495 e. The first-order chi connectivity index (χ1) is 9.51. The zero-order valence-corrected chi connectivity index (χ0v) is 12.1. The number of methoxy groups -OCH3 is 1. The lowest BCUT2D eigenvalue weighted by Crippen LogP contribution is -2.12. The standard InChI is InChI=1S/C14H12Cl2N2O2/c1-20-13-5-3-9(7-12(13)16)18-14(19)10-6-8(17)2-4-11(10)15/h2-7H,17H2,1H3,(H,18,19). The van der Waals surface area contributed by atoms with Gasteiger partial charge in [-0.25, -0.2) is 0 Å². The number of nitrogen functional groups attached to an aromatic ring is 1. The smallest absolute Gasteiger partial charge is 0.257 e. The van der Waals surface area contributed by atoms with Gasteiger partial charge in [0.25, 0.3) is 5.91 Å². The van der Waals surface area contributed by atoms with E-state index in [-0.39, 0.29) is 5.91 Å². The third-order valence-electron chi connectivity index (χ3n) is 2.64. The van der Waals surface area contributed by atoms with E-state index in [2.05, 4.69) is 5.32 Å². The highest BCUT2D eigenvalue weighted by atomic mass is 35.5. The van der Waals surface area contributed by atoms with E-state index in [1.165, 1.54) is 13.2 Å². The largest absolute Gasteiger partial charge is 0.495 e. The van der Waals surface area contributed by atoms with Gasteiger partial charge in [0.05, 0.1) is 22.7 Å². The van der Waals surface area contributed by atoms with Crippen LogP contribution in [0.3, 0.4) is 0 Å². The molecule has 0 spiro atoms. The maximum atomic E-state index is 12.1. The van der Waals surface area contributed by atoms with Crippen LogP contribution in [0, 0.1) is 0 Å². The van der Waals surface area contributed by atoms with Crippen LogP contribution in [0.4, 0.5) is 11.4 Å². The molecule has 20 heavy (non-hydrogen) atoms. The Morgan fingerprint density at radius 1 is 1.15 bits per heavy atom. The number of ether oxygens (including phenoxy) is 1. The number of nitrogens with two attached hydrogens (primary N) is 1. The van der Waals surface area contributed by atoms with Crippen molar-refractivity contribution in [2.45, 2.75) is 0 Å². The SMILES string of the molecule is COc1ccc(NC(=O)c2cc(N)ccc2Cl)cc1Cl. The Kier molecular flexibility index (Phi) is 4.37. The van der Waals surface area contributed by atoms with Crippen LogP contribution in [0.25, 0.3) is 0 Å². The normalized spacial score (nSPS) is 10.2. The number of amides is 1. The molecule has 0 fully saturated rings. The second-order valence-electron chi connectivity index (χ2n) is 4.04. The predicted octanol–water partition coefficient (Wildman–Crippen LogP) is 3.84. The van der Waals surface area contributed by atoms with E-state index >= 15 is 0 Å². The number of carbonyl (C=O) groups is 1. The number of hydrogen-bond donors (Lipinski definition) is 2. The summed E-state index contributed by atoms with van der Waals surface area (Å²) >= 11 is 12.0. The Morgan fingerprint density at radius 2 is 1.90 bits per heavy atom. The quantitative estimate of drug-likeness (QED) is 0.847. The summed E-state index contributed by atoms with van der Waals surface area (Å²) in [6, 6.07) is 9.67. The van der Waals surface area contributed by atoms with Crippen LogP contribution in [0.1, 0.15) is 10.4 Å². The van der Waals surface area contributed by atoms with Gasteiger partial charge in [-0.15, -0.1) is 0 Å². The molecule has 2 rings (SSSR count). The number of benzene rings is 2. The van der Waals surface area contributed by atoms with Crippen molar-refractivity contribution >= 4 is 40.5 Å². The zero-order valence-electron chi connectivity index (χ0n) is 10.6. The fourth-order valence-corrected chi connectivity index (χ4v) is 2.12. The summed E-state index contributed by atoms with van der Waals surface area (Å²) in [5.41, 5.74) is 6.95. The number of nitrogens with one attached hydrogen (secondary N) is 1. The average Bonchev–Trinajstić information content (AvgIpc) is 2.41. The zero-order chi connectivity index (χ0) is 14.7. The summed E-state index contributed by atoms with van der Waals surface area (Å²) in [5.74, 6) is 0.176. The molecule has 104 valence electrons. The van der Waals surface area contributed by atoms with Crippen LogP contribution in [-0.2, 0) is 0 Å². The van der Waals surface area contributed by atoms with Crippen LogP contribution in [-0.4, -0.2) is 13.0 Å². The Hall–Kier alpha value is -1.91. The first kappa shape index (κ1) is 14.5. The first-order valence-electron chi connectivity index (χ1n) is 5.71. The van der Waals surface area contributed by atoms with Crippen LogP contribution >= 0.6 is 23.2 Å². The number of halogens is 2. The maximum Gasteiger partial charge on any atom is 0.257 e. The Labute approximate surface area is 126 Å². The molecule has 0 bridgehead atoms. The van der Waals surface area contributed by atoms with Crippen LogP contribution in [0.5, 0.6) is 5.75 Å². The van der Waals surface area contributed by atoms with Gasteiger partial charge in [-0.3, -0.25) is 4.79 Å². The fraction of sp³-hybridized carbons (Fsp3) is 0.0714. The van der Waals surface area contributed by atoms with E-state index in [9.17, 15) is 4.79 Å². The highest BCUT2D eigenvalue weighted by molar-refractivity contribution is 6.34. The molecule has 2 aromatic carbocycles. The lowest BCUT2D eigenvalue weighted by atomic mass is 10.2. The summed E-state index contributed by atoms with van der Waals surface area (Å²) < 4.78 is 5.04. The monoisotopic (exact) mass is 310 g/mol. The van der Waals surface area contributed by atoms with Crippen molar-refractivity contribution in [2.75, 3.05) is 18.2 Å². The molecule has 0 heterocycles. The van der Waals surface area contributed by atoms with Crippen LogP contribution < -0.4 is 15.8 Å². The molecule has 0 aliphatic heterocycles. The molecule has 0 unspecified atom stereocenters. The maximum absolute atomic E-state index is 12.1. The van der Waals surface area contributed by atoms with Gasteiger partial charge in [-0.1, -0.05) is 23.2 Å². The average molecular weight is 311 g/mol. The van der Waals surface area contributed by atoms with Gasteiger partial charge in [0, 0.05) is 11.4 Å². The van der Waals surface area contributed by atoms with Gasteiger partial charge in [0.15, 0.2) is 0 Å². The highest BCUT2D eigenvalue weighted by Crippen LogP contribution is 2.28. The van der Waals surface area contributed by atoms with Gasteiger partial charge in [-0.2, -0.15) is 0 Å². The Balaban J connectivity index is 2.23. The Bertz CT molecular complexity index is 660. The summed E-state index contributed by atoms with van der Waals surface area (Å²) in [6.07, 6.45) is 0. The lowest BCUT2D eigenvalue weighted by Gasteiger charge is -2.09. The summed E-state index contributed by atoms with van der Waals surface area (Å²) in [4.78, 5) is 12.1. The third kappa shape index (κ3) is 3.15. The van der Waals surface area contributed by atoms with E-state index in [0.717, 1.165) is 0 Å². The van der Waals surface area contributed by atoms with Gasteiger partial charge < -0.3 is 15.8 Å². The lowest BCUT2D eigenvalue weighted by molar-refractivity contribution is 0.102. The molecule has 0 atom stereocenters. The molecule has 2 aromatic rings. The van der Waals surface area contributed by atoms with Crippen molar-refractivity contribution in [3.63, 3.8) is 0 Å². The number of anilines is 2. The molecule has 0 aliphatic carbocycles. The minimum atomic E-state index is -0.358. The van der Waals surface area contributed by atoms with E-state index < -0.39 is 0 Å². The van der Waals surface area contributed by atoms with Crippen molar-refractivity contribution in [3.05, 3.63) is 52.0 Å². The van der Waals surface area contributed by atoms with Crippen LogP contribution in [0.15, 0.2) is 36.4 Å². The van der Waals surface area contributed by atoms with Crippen molar-refractivity contribution in [1.29, 1.82) is 0 Å². The molecule has 0 saturated carbocycles. The van der Waals surface area contributed by atoms with Crippen molar-refractivity contribution in [1.82, 2.24) is 0 Å². The molecule has 0 aromatic heterocycles. The molecule has 1 amide bonds. The minimum absolute atomic E-state index is 0.304. The van der Waals surface area contributed by atoms with E-state index in [1.807, 2.05) is 0 Å². The molecule has 3 N–H and O–H groups in total. The second-order valence-corrected chi connectivity index (χ2v) is 4.86. The topological polar surface area (TPSA) is 64.3 Å². The summed E-state index contributed by atoms with van der Waals surface area (Å²) in [5, 5.41) is 3.44. The third-order valence-corrected chi connectivity index (χ3v) is 3.27. The molecule has 6 heteroatoms. The molecule has 0 radical (unpaired) electrons. The molecule has 0 saturated heterocycles. The number of rotatable bonds is 3. The van der Waals surface area contributed by atoms with Crippen molar-refractivity contribution in [2.24, 2.45) is 0 Å². The first-order valence-corrected chi connectivity index (χ1v) is 6.47. The van der Waals surface area contributed by atoms with E-state index in [0.29, 0.717) is 32.7 Å².